The molecule has 0 aromatic carbocycles. The largest absolute Gasteiger partial charge is 0.394 e. The van der Waals surface area contributed by atoms with Crippen LogP contribution in [0.5, 0.6) is 0 Å². The lowest BCUT2D eigenvalue weighted by atomic mass is 9.96. The van der Waals surface area contributed by atoms with Gasteiger partial charge in [-0.05, 0) is 59.3 Å². The van der Waals surface area contributed by atoms with Crippen LogP contribution in [-0.4, -0.2) is 34.3 Å². The first kappa shape index (κ1) is 36.2. The van der Waals surface area contributed by atoms with Gasteiger partial charge in [-0.15, -0.1) is 12.8 Å². The molecule has 0 bridgehead atoms. The van der Waals surface area contributed by atoms with Gasteiger partial charge in [0, 0.05) is 30.9 Å². The SMILES string of the molecule is C#C.CC.CC.CC(C)=N.Cc1ncc([C@@H](N)CCC2(C(F)(F)F)CC2)[nH]1.O=C1CCCCN1. The summed E-state index contributed by atoms with van der Waals surface area (Å²) in [5, 5.41) is 9.24. The number of alkyl halides is 3. The second-order valence-corrected chi connectivity index (χ2v) is 7.65. The van der Waals surface area contributed by atoms with Gasteiger partial charge >= 0.3 is 6.18 Å². The molecule has 1 saturated carbocycles. The summed E-state index contributed by atoms with van der Waals surface area (Å²) in [6.07, 6.45) is 9.40. The highest BCUT2D eigenvalue weighted by atomic mass is 19.4. The smallest absolute Gasteiger partial charge is 0.356 e. The molecular weight excluding hydrogens is 443 g/mol. The summed E-state index contributed by atoms with van der Waals surface area (Å²) in [4.78, 5) is 17.3. The van der Waals surface area contributed by atoms with Crippen LogP contribution in [0.1, 0.15) is 104 Å². The Balaban J connectivity index is -0.000000469. The van der Waals surface area contributed by atoms with Crippen LogP contribution < -0.4 is 11.1 Å². The fourth-order valence-electron chi connectivity index (χ4n) is 2.77. The summed E-state index contributed by atoms with van der Waals surface area (Å²) in [5.74, 6) is 0.943. The molecule has 2 aliphatic rings. The van der Waals surface area contributed by atoms with Gasteiger partial charge in [-0.1, -0.05) is 27.7 Å². The van der Waals surface area contributed by atoms with E-state index in [1.807, 2.05) is 27.7 Å². The maximum absolute atomic E-state index is 12.7. The number of aromatic nitrogens is 2. The molecule has 34 heavy (non-hydrogen) atoms. The van der Waals surface area contributed by atoms with Crippen LogP contribution in [-0.2, 0) is 4.79 Å². The van der Waals surface area contributed by atoms with Crippen molar-refractivity contribution in [2.45, 2.75) is 106 Å². The lowest BCUT2D eigenvalue weighted by Crippen LogP contribution is -2.28. The average Bonchev–Trinajstić information content (AvgIpc) is 3.50. The number of amides is 1. The first-order valence-electron chi connectivity index (χ1n) is 11.9. The molecule has 198 valence electrons. The Labute approximate surface area is 204 Å². The van der Waals surface area contributed by atoms with Gasteiger partial charge in [-0.2, -0.15) is 13.2 Å². The van der Waals surface area contributed by atoms with E-state index in [2.05, 4.69) is 28.1 Å². The molecule has 6 nitrogen and oxygen atoms in total. The Kier molecular flexibility index (Phi) is 21.4. The number of nitrogens with one attached hydrogen (secondary N) is 3. The summed E-state index contributed by atoms with van der Waals surface area (Å²) in [5.41, 5.74) is 5.76. The first-order chi connectivity index (χ1) is 16.0. The van der Waals surface area contributed by atoms with Crippen LogP contribution in [0.3, 0.4) is 0 Å². The minimum atomic E-state index is -4.09. The number of imidazole rings is 1. The molecule has 0 unspecified atom stereocenters. The molecule has 1 aromatic heterocycles. The molecule has 1 atom stereocenters. The fraction of sp³-hybridized carbons (Fsp3) is 0.720. The van der Waals surface area contributed by atoms with Crippen LogP contribution in [0, 0.1) is 30.6 Å². The Hall–Kier alpha value is -2.34. The zero-order valence-corrected chi connectivity index (χ0v) is 22.0. The van der Waals surface area contributed by atoms with Crippen molar-refractivity contribution in [3.8, 4) is 12.8 Å². The summed E-state index contributed by atoms with van der Waals surface area (Å²) >= 11 is 0. The number of aromatic amines is 1. The number of hydrogen-bond donors (Lipinski definition) is 4. The van der Waals surface area contributed by atoms with Gasteiger partial charge in [-0.25, -0.2) is 4.98 Å². The van der Waals surface area contributed by atoms with Crippen molar-refractivity contribution in [1.29, 1.82) is 5.41 Å². The van der Waals surface area contributed by atoms with Gasteiger partial charge in [0.2, 0.25) is 5.91 Å². The van der Waals surface area contributed by atoms with Crippen LogP contribution >= 0.6 is 0 Å². The maximum Gasteiger partial charge on any atom is 0.394 e. The molecule has 0 radical (unpaired) electrons. The standard InChI is InChI=1S/C11H16F3N3.C5H9NO.C3H7N.2C2H6.C2H2/c1-7-16-6-9(17-7)8(15)2-3-10(4-5-10)11(12,13)14;7-5-3-1-2-4-6-5;1-3(2)4;3*1-2/h6,8H,2-5,15H2,1H3,(H,16,17);1-4H2,(H,6,7);4H,1-2H3;2*1-2H3;1-2H/t8-;;;;;/m0...../s1. The summed E-state index contributed by atoms with van der Waals surface area (Å²) in [7, 11) is 0. The Morgan fingerprint density at radius 3 is 1.97 bits per heavy atom. The van der Waals surface area contributed by atoms with Crippen molar-refractivity contribution in [3.63, 3.8) is 0 Å². The molecule has 3 rings (SSSR count). The van der Waals surface area contributed by atoms with Crippen molar-refractivity contribution in [3.05, 3.63) is 17.7 Å². The minimum Gasteiger partial charge on any atom is -0.356 e. The van der Waals surface area contributed by atoms with Crippen molar-refractivity contribution in [2.24, 2.45) is 11.1 Å². The van der Waals surface area contributed by atoms with Gasteiger partial charge in [0.15, 0.2) is 0 Å². The van der Waals surface area contributed by atoms with Gasteiger partial charge in [0.25, 0.3) is 0 Å². The topological polar surface area (TPSA) is 108 Å². The molecule has 1 aromatic rings. The molecule has 2 heterocycles. The number of H-pyrrole nitrogens is 1. The highest BCUT2D eigenvalue weighted by Crippen LogP contribution is 2.60. The van der Waals surface area contributed by atoms with Crippen LogP contribution in [0.15, 0.2) is 6.20 Å². The van der Waals surface area contributed by atoms with E-state index in [1.165, 1.54) is 0 Å². The maximum atomic E-state index is 12.7. The molecule has 5 N–H and O–H groups in total. The number of nitrogens with two attached hydrogens (primary N) is 1. The highest BCUT2D eigenvalue weighted by Gasteiger charge is 2.62. The van der Waals surface area contributed by atoms with Crippen LogP contribution in [0.4, 0.5) is 13.2 Å². The average molecular weight is 490 g/mol. The predicted octanol–water partition coefficient (Wildman–Crippen LogP) is 6.47. The molecule has 1 saturated heterocycles. The van der Waals surface area contributed by atoms with E-state index in [1.54, 1.807) is 27.0 Å². The third-order valence-electron chi connectivity index (χ3n) is 4.66. The van der Waals surface area contributed by atoms with Crippen molar-refractivity contribution < 1.29 is 18.0 Å². The fourth-order valence-corrected chi connectivity index (χ4v) is 2.77. The van der Waals surface area contributed by atoms with E-state index >= 15 is 0 Å². The molecule has 2 fully saturated rings. The normalized spacial score (nSPS) is 15.7. The van der Waals surface area contributed by atoms with E-state index in [-0.39, 0.29) is 25.2 Å². The number of rotatable bonds is 4. The number of halogens is 3. The zero-order chi connectivity index (χ0) is 27.4. The second-order valence-electron chi connectivity index (χ2n) is 7.65. The summed E-state index contributed by atoms with van der Waals surface area (Å²) < 4.78 is 38.1. The van der Waals surface area contributed by atoms with Crippen LogP contribution in [0.2, 0.25) is 0 Å². The van der Waals surface area contributed by atoms with Gasteiger partial charge in [0.05, 0.1) is 11.1 Å². The quantitative estimate of drug-likeness (QED) is 0.287. The number of terminal acetylenes is 1. The molecule has 1 aliphatic heterocycles. The lowest BCUT2D eigenvalue weighted by Gasteiger charge is -2.20. The van der Waals surface area contributed by atoms with Crippen molar-refractivity contribution >= 4 is 11.6 Å². The second kappa shape index (κ2) is 20.1. The van der Waals surface area contributed by atoms with Crippen molar-refractivity contribution in [1.82, 2.24) is 15.3 Å². The molecule has 1 amide bonds. The Morgan fingerprint density at radius 1 is 1.21 bits per heavy atom. The van der Waals surface area contributed by atoms with E-state index in [4.69, 9.17) is 11.1 Å². The number of carbonyl (C=O) groups is 1. The first-order valence-corrected chi connectivity index (χ1v) is 11.9. The zero-order valence-electron chi connectivity index (χ0n) is 22.0. The van der Waals surface area contributed by atoms with Gasteiger partial charge in [-0.3, -0.25) is 4.79 Å². The number of aryl methyl sites for hydroxylation is 1. The molecule has 0 spiro atoms. The number of carbonyl (C=O) groups excluding carboxylic acids is 1. The molecule has 1 aliphatic carbocycles. The van der Waals surface area contributed by atoms with Crippen molar-refractivity contribution in [2.75, 3.05) is 6.54 Å². The van der Waals surface area contributed by atoms with Gasteiger partial charge in [0.1, 0.15) is 5.82 Å². The lowest BCUT2D eigenvalue weighted by molar-refractivity contribution is -0.189. The van der Waals surface area contributed by atoms with E-state index in [0.29, 0.717) is 17.8 Å². The monoisotopic (exact) mass is 489 g/mol. The molecule has 9 heteroatoms. The predicted molar refractivity (Wildman–Crippen MR) is 136 cm³/mol. The third kappa shape index (κ3) is 16.3. The number of piperidine rings is 1. The Bertz CT molecular complexity index is 668. The number of nitrogens with zero attached hydrogens (tertiary/aromatic N) is 1. The van der Waals surface area contributed by atoms with E-state index in [9.17, 15) is 18.0 Å². The van der Waals surface area contributed by atoms with E-state index < -0.39 is 17.6 Å². The Morgan fingerprint density at radius 2 is 1.71 bits per heavy atom. The van der Waals surface area contributed by atoms with Gasteiger partial charge < -0.3 is 21.4 Å². The summed E-state index contributed by atoms with van der Waals surface area (Å²) in [6.45, 7) is 14.2. The summed E-state index contributed by atoms with van der Waals surface area (Å²) in [6, 6.07) is -0.393. The minimum absolute atomic E-state index is 0.107. The highest BCUT2D eigenvalue weighted by molar-refractivity contribution is 5.76. The van der Waals surface area contributed by atoms with E-state index in [0.717, 1.165) is 31.6 Å². The number of hydrogen-bond acceptors (Lipinski definition) is 4. The molecular formula is C25H46F3N5O. The third-order valence-corrected chi connectivity index (χ3v) is 4.66. The van der Waals surface area contributed by atoms with Crippen LogP contribution in [0.25, 0.3) is 0 Å².